The van der Waals surface area contributed by atoms with Gasteiger partial charge in [0.25, 0.3) is 5.91 Å². The van der Waals surface area contributed by atoms with Gasteiger partial charge in [-0.25, -0.2) is 4.98 Å². The number of fused-ring (bicyclic) bond motifs is 1. The van der Waals surface area contributed by atoms with Crippen LogP contribution in [0.2, 0.25) is 0 Å². The first kappa shape index (κ1) is 15.9. The van der Waals surface area contributed by atoms with Gasteiger partial charge in [-0.1, -0.05) is 6.07 Å². The Morgan fingerprint density at radius 1 is 1.17 bits per heavy atom. The number of carbonyl (C=O) groups is 1. The molecule has 3 aromatic rings. The smallest absolute Gasteiger partial charge is 0.251 e. The number of nitrogens with one attached hydrogen (secondary N) is 1. The second-order valence-electron chi connectivity index (χ2n) is 5.41. The number of benzene rings is 1. The molecule has 0 aliphatic heterocycles. The molecule has 2 heterocycles. The molecule has 1 aromatic carbocycles. The molecule has 0 bridgehead atoms. The van der Waals surface area contributed by atoms with Gasteiger partial charge in [0.15, 0.2) is 0 Å². The number of rotatable bonds is 5. The maximum absolute atomic E-state index is 12.4. The molecule has 0 fully saturated rings. The molecule has 0 saturated carbocycles. The molecule has 124 valence electrons. The van der Waals surface area contributed by atoms with E-state index in [2.05, 4.69) is 10.3 Å². The van der Waals surface area contributed by atoms with Gasteiger partial charge < -0.3 is 19.2 Å². The van der Waals surface area contributed by atoms with Crippen molar-refractivity contribution in [2.45, 2.75) is 13.5 Å². The summed E-state index contributed by atoms with van der Waals surface area (Å²) in [7, 11) is 3.10. The number of pyridine rings is 1. The molecule has 6 nitrogen and oxygen atoms in total. The summed E-state index contributed by atoms with van der Waals surface area (Å²) >= 11 is 0. The van der Waals surface area contributed by atoms with Gasteiger partial charge in [0.1, 0.15) is 17.1 Å². The number of nitrogens with zero attached hydrogens (tertiary/aromatic N) is 2. The van der Waals surface area contributed by atoms with Gasteiger partial charge in [0, 0.05) is 23.5 Å². The molecule has 1 amide bonds. The average Bonchev–Trinajstić information content (AvgIpc) is 3.03. The summed E-state index contributed by atoms with van der Waals surface area (Å²) in [6, 6.07) is 11.0. The molecule has 2 aromatic heterocycles. The minimum Gasteiger partial charge on any atom is -0.497 e. The fourth-order valence-corrected chi connectivity index (χ4v) is 2.50. The van der Waals surface area contributed by atoms with Crippen molar-refractivity contribution in [3.8, 4) is 11.5 Å². The third-order valence-corrected chi connectivity index (χ3v) is 3.79. The van der Waals surface area contributed by atoms with E-state index in [0.29, 0.717) is 23.6 Å². The zero-order valence-electron chi connectivity index (χ0n) is 13.9. The maximum atomic E-state index is 12.4. The molecule has 0 aliphatic rings. The van der Waals surface area contributed by atoms with Crippen LogP contribution in [0.1, 0.15) is 21.7 Å². The molecular formula is C18H19N3O3. The SMILES string of the molecule is COc1cc(OC)cc(C(=O)NCc2cn3c(C)cccc3n2)c1. The van der Waals surface area contributed by atoms with Gasteiger partial charge in [-0.3, -0.25) is 4.79 Å². The molecule has 6 heteroatoms. The molecule has 1 N–H and O–H groups in total. The van der Waals surface area contributed by atoms with E-state index in [1.54, 1.807) is 32.4 Å². The predicted molar refractivity (Wildman–Crippen MR) is 90.6 cm³/mol. The van der Waals surface area contributed by atoms with Crippen LogP contribution in [0.25, 0.3) is 5.65 Å². The van der Waals surface area contributed by atoms with Crippen LogP contribution < -0.4 is 14.8 Å². The summed E-state index contributed by atoms with van der Waals surface area (Å²) in [6.07, 6.45) is 1.93. The number of carbonyl (C=O) groups excluding carboxylic acids is 1. The van der Waals surface area contributed by atoms with E-state index < -0.39 is 0 Å². The molecule has 0 radical (unpaired) electrons. The Balaban J connectivity index is 1.76. The Bertz CT molecular complexity index is 864. The highest BCUT2D eigenvalue weighted by Gasteiger charge is 2.11. The monoisotopic (exact) mass is 325 g/mol. The van der Waals surface area contributed by atoms with Crippen molar-refractivity contribution in [3.05, 3.63) is 59.5 Å². The Hall–Kier alpha value is -3.02. The number of hydrogen-bond acceptors (Lipinski definition) is 4. The number of ether oxygens (including phenoxy) is 2. The van der Waals surface area contributed by atoms with E-state index in [9.17, 15) is 4.79 Å². The normalized spacial score (nSPS) is 10.6. The lowest BCUT2D eigenvalue weighted by atomic mass is 10.2. The van der Waals surface area contributed by atoms with Gasteiger partial charge >= 0.3 is 0 Å². The van der Waals surface area contributed by atoms with E-state index >= 15 is 0 Å². The van der Waals surface area contributed by atoms with Crippen molar-refractivity contribution in [1.29, 1.82) is 0 Å². The minimum absolute atomic E-state index is 0.207. The Morgan fingerprint density at radius 3 is 2.50 bits per heavy atom. The first-order chi connectivity index (χ1) is 11.6. The van der Waals surface area contributed by atoms with E-state index in [-0.39, 0.29) is 5.91 Å². The molecular weight excluding hydrogens is 306 g/mol. The number of hydrogen-bond donors (Lipinski definition) is 1. The Kier molecular flexibility index (Phi) is 4.37. The van der Waals surface area contributed by atoms with Crippen LogP contribution in [0.3, 0.4) is 0 Å². The van der Waals surface area contributed by atoms with Crippen LogP contribution in [0.5, 0.6) is 11.5 Å². The topological polar surface area (TPSA) is 64.9 Å². The first-order valence-electron chi connectivity index (χ1n) is 7.55. The van der Waals surface area contributed by atoms with Gasteiger partial charge in [-0.2, -0.15) is 0 Å². The number of methoxy groups -OCH3 is 2. The van der Waals surface area contributed by atoms with E-state index in [4.69, 9.17) is 9.47 Å². The summed E-state index contributed by atoms with van der Waals surface area (Å²) < 4.78 is 12.4. The highest BCUT2D eigenvalue weighted by molar-refractivity contribution is 5.95. The average molecular weight is 325 g/mol. The Morgan fingerprint density at radius 2 is 1.88 bits per heavy atom. The summed E-state index contributed by atoms with van der Waals surface area (Å²) in [5.41, 5.74) is 3.23. The van der Waals surface area contributed by atoms with E-state index in [1.807, 2.05) is 35.7 Å². The van der Waals surface area contributed by atoms with Crippen LogP contribution >= 0.6 is 0 Å². The standard InChI is InChI=1S/C18H19N3O3/c1-12-5-4-6-17-20-14(11-21(12)17)10-19-18(22)13-7-15(23-2)9-16(8-13)24-3/h4-9,11H,10H2,1-3H3,(H,19,22). The van der Waals surface area contributed by atoms with Gasteiger partial charge in [0.2, 0.25) is 0 Å². The lowest BCUT2D eigenvalue weighted by Gasteiger charge is -2.08. The third kappa shape index (κ3) is 3.17. The predicted octanol–water partition coefficient (Wildman–Crippen LogP) is 2.59. The van der Waals surface area contributed by atoms with Crippen molar-refractivity contribution >= 4 is 11.6 Å². The zero-order chi connectivity index (χ0) is 17.1. The summed E-state index contributed by atoms with van der Waals surface area (Å²) in [5, 5.41) is 2.87. The van der Waals surface area contributed by atoms with Crippen molar-refractivity contribution in [2.24, 2.45) is 0 Å². The lowest BCUT2D eigenvalue weighted by molar-refractivity contribution is 0.0949. The fraction of sp³-hybridized carbons (Fsp3) is 0.222. The molecule has 0 spiro atoms. The summed E-state index contributed by atoms with van der Waals surface area (Å²) in [5.74, 6) is 0.937. The molecule has 0 unspecified atom stereocenters. The minimum atomic E-state index is -0.207. The highest BCUT2D eigenvalue weighted by atomic mass is 16.5. The highest BCUT2D eigenvalue weighted by Crippen LogP contribution is 2.22. The number of amides is 1. The largest absolute Gasteiger partial charge is 0.497 e. The Labute approximate surface area is 140 Å². The summed E-state index contributed by atoms with van der Waals surface area (Å²) in [4.78, 5) is 16.9. The van der Waals surface area contributed by atoms with Gasteiger partial charge in [-0.15, -0.1) is 0 Å². The molecule has 0 saturated heterocycles. The van der Waals surface area contributed by atoms with E-state index in [0.717, 1.165) is 17.0 Å². The number of imidazole rings is 1. The zero-order valence-corrected chi connectivity index (χ0v) is 13.9. The quantitative estimate of drug-likeness (QED) is 0.783. The first-order valence-corrected chi connectivity index (χ1v) is 7.55. The van der Waals surface area contributed by atoms with Crippen molar-refractivity contribution in [1.82, 2.24) is 14.7 Å². The molecule has 3 rings (SSSR count). The van der Waals surface area contributed by atoms with E-state index in [1.165, 1.54) is 0 Å². The van der Waals surface area contributed by atoms with Crippen LogP contribution in [-0.2, 0) is 6.54 Å². The number of aryl methyl sites for hydroxylation is 1. The van der Waals surface area contributed by atoms with Gasteiger partial charge in [0.05, 0.1) is 26.5 Å². The lowest BCUT2D eigenvalue weighted by Crippen LogP contribution is -2.23. The van der Waals surface area contributed by atoms with Crippen molar-refractivity contribution in [3.63, 3.8) is 0 Å². The fourth-order valence-electron chi connectivity index (χ4n) is 2.50. The third-order valence-electron chi connectivity index (χ3n) is 3.79. The molecule has 24 heavy (non-hydrogen) atoms. The summed E-state index contributed by atoms with van der Waals surface area (Å²) in [6.45, 7) is 2.36. The molecule has 0 aliphatic carbocycles. The second-order valence-corrected chi connectivity index (χ2v) is 5.41. The van der Waals surface area contributed by atoms with Crippen LogP contribution in [-0.4, -0.2) is 29.5 Å². The maximum Gasteiger partial charge on any atom is 0.251 e. The van der Waals surface area contributed by atoms with Gasteiger partial charge in [-0.05, 0) is 31.2 Å². The van der Waals surface area contributed by atoms with Crippen LogP contribution in [0, 0.1) is 6.92 Å². The van der Waals surface area contributed by atoms with Crippen LogP contribution in [0.15, 0.2) is 42.6 Å². The molecule has 0 atom stereocenters. The van der Waals surface area contributed by atoms with Crippen LogP contribution in [0.4, 0.5) is 0 Å². The second kappa shape index (κ2) is 6.62. The van der Waals surface area contributed by atoms with Crippen molar-refractivity contribution in [2.75, 3.05) is 14.2 Å². The number of aromatic nitrogens is 2. The van der Waals surface area contributed by atoms with Crippen molar-refractivity contribution < 1.29 is 14.3 Å².